The van der Waals surface area contributed by atoms with Crippen molar-refractivity contribution in [2.24, 2.45) is 5.92 Å². The minimum absolute atomic E-state index is 0.0295. The SMILES string of the molecule is COc1ccc(NC(=O)CCC(=O)[C@H](C)C(=O)c2ccccc2)cc1. The molecule has 1 amide bonds. The van der Waals surface area contributed by atoms with Gasteiger partial charge in [-0.1, -0.05) is 30.3 Å². The first kappa shape index (κ1) is 18.4. The van der Waals surface area contributed by atoms with E-state index >= 15 is 0 Å². The fourth-order valence-corrected chi connectivity index (χ4v) is 2.35. The molecule has 130 valence electrons. The van der Waals surface area contributed by atoms with E-state index in [9.17, 15) is 14.4 Å². The van der Waals surface area contributed by atoms with Crippen LogP contribution in [0.15, 0.2) is 54.6 Å². The van der Waals surface area contributed by atoms with Crippen LogP contribution in [0.4, 0.5) is 5.69 Å². The molecule has 5 nitrogen and oxygen atoms in total. The van der Waals surface area contributed by atoms with Crippen molar-refractivity contribution in [3.63, 3.8) is 0 Å². The first-order valence-electron chi connectivity index (χ1n) is 8.07. The number of amides is 1. The molecule has 1 atom stereocenters. The van der Waals surface area contributed by atoms with Crippen LogP contribution in [-0.2, 0) is 9.59 Å². The summed E-state index contributed by atoms with van der Waals surface area (Å²) in [6.45, 7) is 1.58. The quantitative estimate of drug-likeness (QED) is 0.590. The van der Waals surface area contributed by atoms with Crippen molar-refractivity contribution in [2.45, 2.75) is 19.8 Å². The van der Waals surface area contributed by atoms with E-state index in [1.807, 2.05) is 6.07 Å². The lowest BCUT2D eigenvalue weighted by Gasteiger charge is -2.10. The van der Waals surface area contributed by atoms with Crippen LogP contribution in [0.2, 0.25) is 0 Å². The molecule has 2 rings (SSSR count). The number of hydrogen-bond donors (Lipinski definition) is 1. The van der Waals surface area contributed by atoms with Gasteiger partial charge in [0.25, 0.3) is 0 Å². The number of carbonyl (C=O) groups excluding carboxylic acids is 3. The van der Waals surface area contributed by atoms with Gasteiger partial charge in [-0.05, 0) is 31.2 Å². The lowest BCUT2D eigenvalue weighted by atomic mass is 9.93. The maximum absolute atomic E-state index is 12.2. The van der Waals surface area contributed by atoms with Gasteiger partial charge in [0.15, 0.2) is 5.78 Å². The lowest BCUT2D eigenvalue weighted by molar-refractivity contribution is -0.124. The molecule has 1 N–H and O–H groups in total. The van der Waals surface area contributed by atoms with E-state index in [-0.39, 0.29) is 30.3 Å². The Morgan fingerprint density at radius 3 is 2.20 bits per heavy atom. The molecule has 0 fully saturated rings. The number of rotatable bonds is 8. The van der Waals surface area contributed by atoms with Crippen LogP contribution in [0.25, 0.3) is 0 Å². The van der Waals surface area contributed by atoms with Gasteiger partial charge >= 0.3 is 0 Å². The molecule has 2 aromatic rings. The molecule has 0 radical (unpaired) electrons. The molecule has 0 saturated carbocycles. The van der Waals surface area contributed by atoms with Gasteiger partial charge in [0.05, 0.1) is 13.0 Å². The first-order valence-corrected chi connectivity index (χ1v) is 8.07. The molecular formula is C20H21NO4. The van der Waals surface area contributed by atoms with Crippen molar-refractivity contribution in [1.82, 2.24) is 0 Å². The molecule has 25 heavy (non-hydrogen) atoms. The maximum Gasteiger partial charge on any atom is 0.224 e. The predicted molar refractivity (Wildman–Crippen MR) is 95.8 cm³/mol. The zero-order chi connectivity index (χ0) is 18.2. The second-order valence-corrected chi connectivity index (χ2v) is 5.69. The fourth-order valence-electron chi connectivity index (χ4n) is 2.35. The molecule has 0 saturated heterocycles. The smallest absolute Gasteiger partial charge is 0.224 e. The average Bonchev–Trinajstić information content (AvgIpc) is 2.66. The highest BCUT2D eigenvalue weighted by Crippen LogP contribution is 2.16. The van der Waals surface area contributed by atoms with E-state index in [2.05, 4.69) is 5.32 Å². The Labute approximate surface area is 147 Å². The second kappa shape index (κ2) is 8.78. The topological polar surface area (TPSA) is 72.5 Å². The summed E-state index contributed by atoms with van der Waals surface area (Å²) in [6.07, 6.45) is 0.0685. The van der Waals surface area contributed by atoms with Gasteiger partial charge in [-0.15, -0.1) is 0 Å². The summed E-state index contributed by atoms with van der Waals surface area (Å²) in [5, 5.41) is 2.72. The molecule has 0 aliphatic heterocycles. The van der Waals surface area contributed by atoms with Crippen LogP contribution < -0.4 is 10.1 Å². The maximum atomic E-state index is 12.2. The van der Waals surface area contributed by atoms with Gasteiger partial charge in [-0.3, -0.25) is 14.4 Å². The molecule has 0 heterocycles. The lowest BCUT2D eigenvalue weighted by Crippen LogP contribution is -2.23. The second-order valence-electron chi connectivity index (χ2n) is 5.69. The highest BCUT2D eigenvalue weighted by atomic mass is 16.5. The number of hydrogen-bond acceptors (Lipinski definition) is 4. The number of benzene rings is 2. The molecule has 0 bridgehead atoms. The van der Waals surface area contributed by atoms with E-state index < -0.39 is 5.92 Å². The van der Waals surface area contributed by atoms with E-state index in [1.165, 1.54) is 0 Å². The molecule has 0 aromatic heterocycles. The fraction of sp³-hybridized carbons (Fsp3) is 0.250. The molecule has 0 unspecified atom stereocenters. The van der Waals surface area contributed by atoms with Crippen molar-refractivity contribution in [1.29, 1.82) is 0 Å². The van der Waals surface area contributed by atoms with Crippen LogP contribution in [0.3, 0.4) is 0 Å². The third-order valence-corrected chi connectivity index (χ3v) is 3.91. The van der Waals surface area contributed by atoms with Crippen molar-refractivity contribution in [3.8, 4) is 5.75 Å². The zero-order valence-corrected chi connectivity index (χ0v) is 14.3. The molecule has 0 spiro atoms. The molecule has 0 aliphatic carbocycles. The number of anilines is 1. The average molecular weight is 339 g/mol. The largest absolute Gasteiger partial charge is 0.497 e. The van der Waals surface area contributed by atoms with E-state index in [0.717, 1.165) is 0 Å². The number of nitrogens with one attached hydrogen (secondary N) is 1. The Kier molecular flexibility index (Phi) is 6.46. The first-order chi connectivity index (χ1) is 12.0. The van der Waals surface area contributed by atoms with Crippen LogP contribution in [0.1, 0.15) is 30.1 Å². The number of ether oxygens (including phenoxy) is 1. The Morgan fingerprint density at radius 2 is 1.60 bits per heavy atom. The molecular weight excluding hydrogens is 318 g/mol. The van der Waals surface area contributed by atoms with Gasteiger partial charge in [0.1, 0.15) is 11.5 Å². The van der Waals surface area contributed by atoms with Gasteiger partial charge in [-0.25, -0.2) is 0 Å². The number of carbonyl (C=O) groups is 3. The van der Waals surface area contributed by atoms with Gasteiger partial charge < -0.3 is 10.1 Å². The van der Waals surface area contributed by atoms with Gasteiger partial charge in [-0.2, -0.15) is 0 Å². The molecule has 5 heteroatoms. The van der Waals surface area contributed by atoms with Gasteiger partial charge in [0, 0.05) is 24.1 Å². The third-order valence-electron chi connectivity index (χ3n) is 3.91. The van der Waals surface area contributed by atoms with Crippen molar-refractivity contribution in [2.75, 3.05) is 12.4 Å². The molecule has 0 aliphatic rings. The van der Waals surface area contributed by atoms with Crippen LogP contribution in [0, 0.1) is 5.92 Å². The Morgan fingerprint density at radius 1 is 0.960 bits per heavy atom. The van der Waals surface area contributed by atoms with E-state index in [0.29, 0.717) is 17.0 Å². The highest BCUT2D eigenvalue weighted by Gasteiger charge is 2.22. The highest BCUT2D eigenvalue weighted by molar-refractivity contribution is 6.10. The van der Waals surface area contributed by atoms with E-state index in [1.54, 1.807) is 62.6 Å². The number of ketones is 2. The summed E-state index contributed by atoms with van der Waals surface area (Å²) < 4.78 is 5.05. The minimum atomic E-state index is -0.754. The normalized spacial score (nSPS) is 11.4. The summed E-state index contributed by atoms with van der Waals surface area (Å²) in [5.74, 6) is -0.782. The van der Waals surface area contributed by atoms with Crippen molar-refractivity contribution in [3.05, 3.63) is 60.2 Å². The van der Waals surface area contributed by atoms with E-state index in [4.69, 9.17) is 4.74 Å². The minimum Gasteiger partial charge on any atom is -0.497 e. The number of Topliss-reactive ketones (excluding diaryl/α,β-unsaturated/α-hetero) is 2. The summed E-state index contributed by atoms with van der Waals surface area (Å²) in [5.41, 5.74) is 1.14. The summed E-state index contributed by atoms with van der Waals surface area (Å²) in [6, 6.07) is 15.6. The van der Waals surface area contributed by atoms with Gasteiger partial charge in [0.2, 0.25) is 5.91 Å². The van der Waals surface area contributed by atoms with Crippen LogP contribution >= 0.6 is 0 Å². The Hall–Kier alpha value is -2.95. The summed E-state index contributed by atoms with van der Waals surface area (Å²) >= 11 is 0. The predicted octanol–water partition coefficient (Wildman–Crippen LogP) is 3.50. The van der Waals surface area contributed by atoms with Crippen LogP contribution in [-0.4, -0.2) is 24.6 Å². The van der Waals surface area contributed by atoms with Crippen LogP contribution in [0.5, 0.6) is 5.75 Å². The monoisotopic (exact) mass is 339 g/mol. The Bertz CT molecular complexity index is 738. The standard InChI is InChI=1S/C20H21NO4/c1-14(20(24)15-6-4-3-5-7-15)18(22)12-13-19(23)21-16-8-10-17(25-2)11-9-16/h3-11,14H,12-13H2,1-2H3,(H,21,23)/t14-/m0/s1. The zero-order valence-electron chi connectivity index (χ0n) is 14.3. The molecule has 2 aromatic carbocycles. The van der Waals surface area contributed by atoms with Crippen molar-refractivity contribution >= 4 is 23.2 Å². The number of methoxy groups -OCH3 is 1. The Balaban J connectivity index is 1.83. The summed E-state index contributed by atoms with van der Waals surface area (Å²) in [4.78, 5) is 36.4. The van der Waals surface area contributed by atoms with Crippen molar-refractivity contribution < 1.29 is 19.1 Å². The third kappa shape index (κ3) is 5.28. The summed E-state index contributed by atoms with van der Waals surface area (Å²) in [7, 11) is 1.57.